The molecule has 3 rings (SSSR count). The summed E-state index contributed by atoms with van der Waals surface area (Å²) in [4.78, 5) is 14.7. The Bertz CT molecular complexity index is 820. The summed E-state index contributed by atoms with van der Waals surface area (Å²) in [5.74, 6) is 1.03. The first-order chi connectivity index (χ1) is 12.8. The molecule has 2 heterocycles. The highest BCUT2D eigenvalue weighted by molar-refractivity contribution is 6.30. The Kier molecular flexibility index (Phi) is 5.77. The summed E-state index contributed by atoms with van der Waals surface area (Å²) < 4.78 is 11.0. The van der Waals surface area contributed by atoms with Crippen molar-refractivity contribution in [3.63, 3.8) is 0 Å². The number of aromatic nitrogens is 1. The normalized spacial score (nSPS) is 20.1. The Morgan fingerprint density at radius 3 is 2.96 bits per heavy atom. The average molecular weight is 393 g/mol. The number of aliphatic hydroxyl groups is 1. The maximum atomic E-state index is 13.1. The van der Waals surface area contributed by atoms with Crippen LogP contribution in [0.15, 0.2) is 28.8 Å². The van der Waals surface area contributed by atoms with Gasteiger partial charge in [-0.25, -0.2) is 0 Å². The fourth-order valence-electron chi connectivity index (χ4n) is 3.38. The SMILES string of the molecule is Cc1onc(C(C)C)c1C(=O)N1CCCC(O)(COc2cccc(Cl)c2)C1. The molecule has 2 aromatic rings. The average Bonchev–Trinajstić information content (AvgIpc) is 3.01. The minimum absolute atomic E-state index is 0.0798. The fraction of sp³-hybridized carbons (Fsp3) is 0.500. The van der Waals surface area contributed by atoms with E-state index in [1.54, 1.807) is 36.1 Å². The predicted octanol–water partition coefficient (Wildman–Crippen LogP) is 3.81. The molecule has 0 spiro atoms. The van der Waals surface area contributed by atoms with Crippen molar-refractivity contribution < 1.29 is 19.2 Å². The van der Waals surface area contributed by atoms with Gasteiger partial charge in [-0.2, -0.15) is 0 Å². The zero-order valence-corrected chi connectivity index (χ0v) is 16.6. The molecule has 1 saturated heterocycles. The van der Waals surface area contributed by atoms with Crippen molar-refractivity contribution in [2.45, 2.75) is 45.1 Å². The van der Waals surface area contributed by atoms with E-state index in [9.17, 15) is 9.90 Å². The summed E-state index contributed by atoms with van der Waals surface area (Å²) in [6, 6.07) is 7.04. The number of amides is 1. The number of ether oxygens (including phenoxy) is 1. The Morgan fingerprint density at radius 1 is 1.48 bits per heavy atom. The van der Waals surface area contributed by atoms with Gasteiger partial charge < -0.3 is 19.3 Å². The van der Waals surface area contributed by atoms with Gasteiger partial charge in [0.25, 0.3) is 5.91 Å². The molecule has 1 aliphatic rings. The van der Waals surface area contributed by atoms with Gasteiger partial charge in [-0.15, -0.1) is 0 Å². The highest BCUT2D eigenvalue weighted by Crippen LogP contribution is 2.28. The number of hydrogen-bond donors (Lipinski definition) is 1. The van der Waals surface area contributed by atoms with Crippen LogP contribution in [0.25, 0.3) is 0 Å². The predicted molar refractivity (Wildman–Crippen MR) is 102 cm³/mol. The van der Waals surface area contributed by atoms with Crippen molar-refractivity contribution in [3.05, 3.63) is 46.3 Å². The number of piperidine rings is 1. The minimum atomic E-state index is -1.11. The summed E-state index contributed by atoms with van der Waals surface area (Å²) in [5, 5.41) is 15.6. The minimum Gasteiger partial charge on any atom is -0.490 e. The van der Waals surface area contributed by atoms with E-state index in [1.807, 2.05) is 13.8 Å². The van der Waals surface area contributed by atoms with Crippen molar-refractivity contribution in [2.75, 3.05) is 19.7 Å². The lowest BCUT2D eigenvalue weighted by Gasteiger charge is -2.39. The number of carbonyl (C=O) groups is 1. The Hall–Kier alpha value is -2.05. The van der Waals surface area contributed by atoms with E-state index in [4.69, 9.17) is 20.9 Å². The van der Waals surface area contributed by atoms with Crippen molar-refractivity contribution in [3.8, 4) is 5.75 Å². The fourth-order valence-corrected chi connectivity index (χ4v) is 3.56. The van der Waals surface area contributed by atoms with Crippen LogP contribution in [0.3, 0.4) is 0 Å². The third kappa shape index (κ3) is 4.45. The number of likely N-dealkylation sites (tertiary alicyclic amines) is 1. The highest BCUT2D eigenvalue weighted by Gasteiger charge is 2.38. The number of halogens is 1. The lowest BCUT2D eigenvalue weighted by Crippen LogP contribution is -2.53. The molecular weight excluding hydrogens is 368 g/mol. The van der Waals surface area contributed by atoms with Crippen LogP contribution in [0.4, 0.5) is 0 Å². The van der Waals surface area contributed by atoms with Crippen LogP contribution in [0.2, 0.25) is 5.02 Å². The number of carbonyl (C=O) groups excluding carboxylic acids is 1. The first-order valence-corrected chi connectivity index (χ1v) is 9.53. The molecule has 0 aliphatic carbocycles. The van der Waals surface area contributed by atoms with Crippen LogP contribution in [0, 0.1) is 6.92 Å². The third-order valence-electron chi connectivity index (χ3n) is 4.80. The van der Waals surface area contributed by atoms with Gasteiger partial charge in [-0.1, -0.05) is 36.7 Å². The van der Waals surface area contributed by atoms with Crippen molar-refractivity contribution >= 4 is 17.5 Å². The van der Waals surface area contributed by atoms with Gasteiger partial charge in [0, 0.05) is 11.6 Å². The lowest BCUT2D eigenvalue weighted by atomic mass is 9.92. The number of hydrogen-bond acceptors (Lipinski definition) is 5. The zero-order valence-electron chi connectivity index (χ0n) is 15.9. The maximum Gasteiger partial charge on any atom is 0.259 e. The molecule has 1 aromatic heterocycles. The highest BCUT2D eigenvalue weighted by atomic mass is 35.5. The van der Waals surface area contributed by atoms with E-state index in [1.165, 1.54) is 0 Å². The molecule has 1 aromatic carbocycles. The maximum absolute atomic E-state index is 13.1. The second-order valence-corrected chi connectivity index (χ2v) is 7.89. The molecule has 0 bridgehead atoms. The molecule has 1 aliphatic heterocycles. The molecule has 0 radical (unpaired) electrons. The molecule has 1 atom stereocenters. The molecule has 6 nitrogen and oxygen atoms in total. The van der Waals surface area contributed by atoms with Gasteiger partial charge in [-0.05, 0) is 43.9 Å². The van der Waals surface area contributed by atoms with Crippen LogP contribution in [-0.2, 0) is 0 Å². The summed E-state index contributed by atoms with van der Waals surface area (Å²) in [5.41, 5.74) is 0.0473. The quantitative estimate of drug-likeness (QED) is 0.837. The summed E-state index contributed by atoms with van der Waals surface area (Å²) in [7, 11) is 0. The number of rotatable bonds is 5. The monoisotopic (exact) mass is 392 g/mol. The van der Waals surface area contributed by atoms with Crippen molar-refractivity contribution in [1.29, 1.82) is 0 Å². The van der Waals surface area contributed by atoms with Gasteiger partial charge in [0.15, 0.2) is 0 Å². The van der Waals surface area contributed by atoms with Gasteiger partial charge in [0.05, 0.1) is 12.2 Å². The smallest absolute Gasteiger partial charge is 0.259 e. The number of benzene rings is 1. The standard InChI is InChI=1S/C20H25ClN2O4/c1-13(2)18-17(14(3)27-22-18)19(24)23-9-5-8-20(25,11-23)12-26-16-7-4-6-15(21)10-16/h4,6-7,10,13,25H,5,8-9,11-12H2,1-3H3. The molecule has 0 saturated carbocycles. The first-order valence-electron chi connectivity index (χ1n) is 9.15. The molecule has 1 unspecified atom stereocenters. The number of aryl methyl sites for hydroxylation is 1. The van der Waals surface area contributed by atoms with E-state index in [0.717, 1.165) is 0 Å². The van der Waals surface area contributed by atoms with Gasteiger partial charge >= 0.3 is 0 Å². The second-order valence-electron chi connectivity index (χ2n) is 7.45. The van der Waals surface area contributed by atoms with Crippen LogP contribution < -0.4 is 4.74 Å². The third-order valence-corrected chi connectivity index (χ3v) is 5.03. The topological polar surface area (TPSA) is 75.8 Å². The van der Waals surface area contributed by atoms with Crippen molar-refractivity contribution in [1.82, 2.24) is 10.1 Å². The second kappa shape index (κ2) is 7.90. The molecule has 146 valence electrons. The molecule has 1 N–H and O–H groups in total. The van der Waals surface area contributed by atoms with Gasteiger partial charge in [0.2, 0.25) is 0 Å². The molecule has 7 heteroatoms. The van der Waals surface area contributed by atoms with E-state index in [0.29, 0.717) is 47.2 Å². The van der Waals surface area contributed by atoms with E-state index in [-0.39, 0.29) is 25.0 Å². The van der Waals surface area contributed by atoms with Crippen LogP contribution in [0.1, 0.15) is 54.4 Å². The van der Waals surface area contributed by atoms with Crippen LogP contribution >= 0.6 is 11.6 Å². The Morgan fingerprint density at radius 2 is 2.26 bits per heavy atom. The van der Waals surface area contributed by atoms with Crippen molar-refractivity contribution in [2.24, 2.45) is 0 Å². The molecule has 1 fully saturated rings. The van der Waals surface area contributed by atoms with E-state index < -0.39 is 5.60 Å². The van der Waals surface area contributed by atoms with Gasteiger partial charge in [0.1, 0.15) is 29.3 Å². The Balaban J connectivity index is 1.71. The number of β-amino-alcohol motifs (C(OH)–C–C–N with tert-alkyl or cyclic N) is 1. The first kappa shape index (κ1) is 19.7. The molecule has 1 amide bonds. The Labute approximate surface area is 164 Å². The van der Waals surface area contributed by atoms with Crippen LogP contribution in [-0.4, -0.2) is 46.4 Å². The van der Waals surface area contributed by atoms with E-state index in [2.05, 4.69) is 5.16 Å². The van der Waals surface area contributed by atoms with Gasteiger partial charge in [-0.3, -0.25) is 4.79 Å². The zero-order chi connectivity index (χ0) is 19.6. The van der Waals surface area contributed by atoms with Crippen LogP contribution in [0.5, 0.6) is 5.75 Å². The summed E-state index contributed by atoms with van der Waals surface area (Å²) in [6.07, 6.45) is 1.26. The lowest BCUT2D eigenvalue weighted by molar-refractivity contribution is -0.0532. The number of nitrogens with zero attached hydrogens (tertiary/aromatic N) is 2. The largest absolute Gasteiger partial charge is 0.490 e. The van der Waals surface area contributed by atoms with E-state index >= 15 is 0 Å². The molecule has 27 heavy (non-hydrogen) atoms. The summed E-state index contributed by atoms with van der Waals surface area (Å²) in [6.45, 7) is 6.56. The molecular formula is C20H25ClN2O4. The summed E-state index contributed by atoms with van der Waals surface area (Å²) >= 11 is 5.97.